The highest BCUT2D eigenvalue weighted by Gasteiger charge is 1.92. The number of likely N-dealkylation sites (N-methyl/N-ethyl adjacent to an activating group) is 1. The van der Waals surface area contributed by atoms with E-state index in [9.17, 15) is 4.79 Å². The van der Waals surface area contributed by atoms with Crippen molar-refractivity contribution < 1.29 is 4.79 Å². The van der Waals surface area contributed by atoms with Gasteiger partial charge in [-0.2, -0.15) is 0 Å². The summed E-state index contributed by atoms with van der Waals surface area (Å²) < 4.78 is 0. The zero-order valence-electron chi connectivity index (χ0n) is 9.94. The summed E-state index contributed by atoms with van der Waals surface area (Å²) in [7, 11) is 1.58. The van der Waals surface area contributed by atoms with Crippen LogP contribution in [0.2, 0.25) is 0 Å². The first kappa shape index (κ1) is 15.6. The molecule has 0 saturated carbocycles. The minimum Gasteiger partial charge on any atom is -0.355 e. The Bertz CT molecular complexity index is 151. The largest absolute Gasteiger partial charge is 0.355 e. The molecule has 0 radical (unpaired) electrons. The first-order valence-corrected chi connectivity index (χ1v) is 5.18. The number of carbonyl (C=O) groups excluding carboxylic acids is 1. The van der Waals surface area contributed by atoms with Crippen LogP contribution in [0.1, 0.15) is 33.6 Å². The zero-order chi connectivity index (χ0) is 11.4. The molecule has 0 heterocycles. The molecule has 84 valence electrons. The molecule has 0 fully saturated rings. The number of nitrogens with one attached hydrogen (secondary N) is 2. The van der Waals surface area contributed by atoms with Gasteiger partial charge in [-0.25, -0.2) is 0 Å². The molecule has 0 aromatic carbocycles. The second-order valence-electron chi connectivity index (χ2n) is 3.11. The smallest absolute Gasteiger partial charge is 0.246 e. The predicted octanol–water partition coefficient (Wildman–Crippen LogP) is 1.70. The first-order valence-electron chi connectivity index (χ1n) is 5.18. The van der Waals surface area contributed by atoms with Crippen LogP contribution in [0, 0.1) is 0 Å². The maximum Gasteiger partial charge on any atom is 0.246 e. The van der Waals surface area contributed by atoms with E-state index in [-0.39, 0.29) is 5.91 Å². The highest BCUT2D eigenvalue weighted by atomic mass is 16.1. The molecular weight excluding hydrogens is 176 g/mol. The lowest BCUT2D eigenvalue weighted by atomic mass is 10.3. The van der Waals surface area contributed by atoms with Crippen molar-refractivity contribution in [1.82, 2.24) is 10.6 Å². The summed E-state index contributed by atoms with van der Waals surface area (Å²) in [5, 5.41) is 5.71. The molecule has 0 aromatic heterocycles. The Balaban J connectivity index is 0. The van der Waals surface area contributed by atoms with Gasteiger partial charge in [-0.15, -0.1) is 0 Å². The normalized spacial score (nSPS) is 8.57. The van der Waals surface area contributed by atoms with E-state index in [1.54, 1.807) is 14.0 Å². The molecule has 0 saturated heterocycles. The quantitative estimate of drug-likeness (QED) is 0.524. The summed E-state index contributed by atoms with van der Waals surface area (Å²) in [6, 6.07) is 0. The van der Waals surface area contributed by atoms with E-state index in [1.165, 1.54) is 25.9 Å². The van der Waals surface area contributed by atoms with Gasteiger partial charge in [0.25, 0.3) is 0 Å². The number of hydrogen-bond donors (Lipinski definition) is 2. The minimum atomic E-state index is -0.0972. The summed E-state index contributed by atoms with van der Waals surface area (Å²) >= 11 is 0. The van der Waals surface area contributed by atoms with Crippen LogP contribution in [0.5, 0.6) is 0 Å². The average molecular weight is 200 g/mol. The predicted molar refractivity (Wildman–Crippen MR) is 62.3 cm³/mol. The molecule has 0 aliphatic heterocycles. The molecule has 0 rings (SSSR count). The van der Waals surface area contributed by atoms with Crippen molar-refractivity contribution in [1.29, 1.82) is 0 Å². The third kappa shape index (κ3) is 13.7. The van der Waals surface area contributed by atoms with Crippen molar-refractivity contribution in [2.75, 3.05) is 20.1 Å². The van der Waals surface area contributed by atoms with Gasteiger partial charge in [0, 0.05) is 12.6 Å². The molecule has 0 aliphatic carbocycles. The number of rotatable bonds is 5. The highest BCUT2D eigenvalue weighted by Crippen LogP contribution is 1.81. The van der Waals surface area contributed by atoms with Gasteiger partial charge in [0.15, 0.2) is 0 Å². The van der Waals surface area contributed by atoms with Gasteiger partial charge < -0.3 is 10.6 Å². The molecule has 0 aromatic rings. The summed E-state index contributed by atoms with van der Waals surface area (Å²) in [6.07, 6.45) is 2.50. The average Bonchev–Trinajstić information content (AvgIpc) is 2.18. The summed E-state index contributed by atoms with van der Waals surface area (Å²) in [5.74, 6) is -0.0972. The molecule has 3 heteroatoms. The van der Waals surface area contributed by atoms with Crippen molar-refractivity contribution in [3.8, 4) is 0 Å². The van der Waals surface area contributed by atoms with Crippen LogP contribution in [0.15, 0.2) is 12.2 Å². The first-order chi connectivity index (χ1) is 6.59. The Morgan fingerprint density at radius 2 is 1.64 bits per heavy atom. The van der Waals surface area contributed by atoms with Crippen molar-refractivity contribution in [2.45, 2.75) is 33.6 Å². The van der Waals surface area contributed by atoms with Crippen LogP contribution in [0.4, 0.5) is 0 Å². The van der Waals surface area contributed by atoms with E-state index in [2.05, 4.69) is 31.1 Å². The molecular formula is C11H24N2O. The fourth-order valence-corrected chi connectivity index (χ4v) is 0.692. The summed E-state index contributed by atoms with van der Waals surface area (Å²) in [4.78, 5) is 10.3. The monoisotopic (exact) mass is 200 g/mol. The van der Waals surface area contributed by atoms with Crippen LogP contribution in [-0.2, 0) is 4.79 Å². The van der Waals surface area contributed by atoms with E-state index in [1.807, 2.05) is 0 Å². The van der Waals surface area contributed by atoms with Gasteiger partial charge in [-0.3, -0.25) is 4.79 Å². The van der Waals surface area contributed by atoms with Gasteiger partial charge >= 0.3 is 0 Å². The van der Waals surface area contributed by atoms with Gasteiger partial charge in [0.1, 0.15) is 0 Å². The van der Waals surface area contributed by atoms with Gasteiger partial charge in [0.05, 0.1) is 0 Å². The number of carbonyl (C=O) groups is 1. The van der Waals surface area contributed by atoms with Gasteiger partial charge in [0.2, 0.25) is 5.91 Å². The Labute approximate surface area is 88.0 Å². The summed E-state index contributed by atoms with van der Waals surface area (Å²) in [5.41, 5.74) is 0.544. The Kier molecular flexibility index (Phi) is 13.6. The molecule has 14 heavy (non-hydrogen) atoms. The Hall–Kier alpha value is -0.830. The van der Waals surface area contributed by atoms with Crippen molar-refractivity contribution in [2.24, 2.45) is 0 Å². The molecule has 1 amide bonds. The second kappa shape index (κ2) is 12.2. The van der Waals surface area contributed by atoms with Gasteiger partial charge in [-0.1, -0.05) is 20.4 Å². The SMILES string of the molecule is C=C(C)C(=O)NC.CCCNCCC. The number of amides is 1. The third-order valence-corrected chi connectivity index (χ3v) is 1.47. The van der Waals surface area contributed by atoms with E-state index in [4.69, 9.17) is 0 Å². The molecule has 0 unspecified atom stereocenters. The lowest BCUT2D eigenvalue weighted by Crippen LogP contribution is -2.17. The lowest BCUT2D eigenvalue weighted by molar-refractivity contribution is -0.116. The minimum absolute atomic E-state index is 0.0972. The van der Waals surface area contributed by atoms with Crippen LogP contribution < -0.4 is 10.6 Å². The van der Waals surface area contributed by atoms with Crippen LogP contribution in [0.3, 0.4) is 0 Å². The molecule has 2 N–H and O–H groups in total. The van der Waals surface area contributed by atoms with E-state index in [0.29, 0.717) is 5.57 Å². The van der Waals surface area contributed by atoms with E-state index < -0.39 is 0 Å². The highest BCUT2D eigenvalue weighted by molar-refractivity contribution is 5.91. The molecule has 0 atom stereocenters. The van der Waals surface area contributed by atoms with Crippen LogP contribution in [0.25, 0.3) is 0 Å². The zero-order valence-corrected chi connectivity index (χ0v) is 9.94. The Morgan fingerprint density at radius 1 is 1.21 bits per heavy atom. The Morgan fingerprint density at radius 3 is 1.79 bits per heavy atom. The van der Waals surface area contributed by atoms with Crippen LogP contribution in [-0.4, -0.2) is 26.0 Å². The van der Waals surface area contributed by atoms with Gasteiger partial charge in [-0.05, 0) is 32.9 Å². The van der Waals surface area contributed by atoms with Crippen molar-refractivity contribution >= 4 is 5.91 Å². The number of hydrogen-bond acceptors (Lipinski definition) is 2. The lowest BCUT2D eigenvalue weighted by Gasteiger charge is -1.95. The molecule has 0 bridgehead atoms. The maximum absolute atomic E-state index is 10.3. The van der Waals surface area contributed by atoms with E-state index >= 15 is 0 Å². The third-order valence-electron chi connectivity index (χ3n) is 1.47. The molecule has 0 aliphatic rings. The topological polar surface area (TPSA) is 41.1 Å². The molecule has 0 spiro atoms. The standard InChI is InChI=1S/C6H15N.C5H9NO/c1-3-5-7-6-4-2;1-4(2)5(7)6-3/h7H,3-6H2,1-2H3;1H2,2-3H3,(H,6,7). The molecule has 3 nitrogen and oxygen atoms in total. The maximum atomic E-state index is 10.3. The summed E-state index contributed by atoms with van der Waals surface area (Å²) in [6.45, 7) is 11.8. The fourth-order valence-electron chi connectivity index (χ4n) is 0.692. The van der Waals surface area contributed by atoms with E-state index in [0.717, 1.165) is 0 Å². The second-order valence-corrected chi connectivity index (χ2v) is 3.11. The van der Waals surface area contributed by atoms with Crippen molar-refractivity contribution in [3.63, 3.8) is 0 Å². The van der Waals surface area contributed by atoms with Crippen LogP contribution >= 0.6 is 0 Å². The fraction of sp³-hybridized carbons (Fsp3) is 0.727. The van der Waals surface area contributed by atoms with Crippen molar-refractivity contribution in [3.05, 3.63) is 12.2 Å².